The summed E-state index contributed by atoms with van der Waals surface area (Å²) in [7, 11) is 2.06. The third-order valence-electron chi connectivity index (χ3n) is 4.03. The monoisotopic (exact) mass is 232 g/mol. The van der Waals surface area contributed by atoms with E-state index in [2.05, 4.69) is 61.4 Å². The summed E-state index contributed by atoms with van der Waals surface area (Å²) in [6.07, 6.45) is 2.65. The van der Waals surface area contributed by atoms with Crippen LogP contribution in [0, 0.1) is 0 Å². The van der Waals surface area contributed by atoms with E-state index in [1.807, 2.05) is 0 Å². The first kappa shape index (κ1) is 12.6. The van der Waals surface area contributed by atoms with Crippen LogP contribution in [0.25, 0.3) is 0 Å². The van der Waals surface area contributed by atoms with Crippen LogP contribution >= 0.6 is 0 Å². The van der Waals surface area contributed by atoms with Crippen molar-refractivity contribution in [1.29, 1.82) is 0 Å². The Balaban J connectivity index is 2.06. The fourth-order valence-electron chi connectivity index (χ4n) is 2.77. The number of nitrogens with one attached hydrogen (secondary N) is 1. The summed E-state index contributed by atoms with van der Waals surface area (Å²) in [5, 5.41) is 3.44. The van der Waals surface area contributed by atoms with Crippen LogP contribution in [0.5, 0.6) is 0 Å². The van der Waals surface area contributed by atoms with Crippen LogP contribution in [0.2, 0.25) is 0 Å². The Bertz CT molecular complexity index is 345. The van der Waals surface area contributed by atoms with Gasteiger partial charge in [-0.3, -0.25) is 4.90 Å². The quantitative estimate of drug-likeness (QED) is 0.858. The van der Waals surface area contributed by atoms with Gasteiger partial charge in [0.25, 0.3) is 0 Å². The predicted octanol–water partition coefficient (Wildman–Crippen LogP) is 2.82. The summed E-state index contributed by atoms with van der Waals surface area (Å²) < 4.78 is 0. The first-order valence-corrected chi connectivity index (χ1v) is 6.61. The highest BCUT2D eigenvalue weighted by Crippen LogP contribution is 2.30. The Hall–Kier alpha value is -0.860. The second kappa shape index (κ2) is 5.19. The standard InChI is InChI=1S/C15H24N2/c1-15(2)10-7-11-17(15)12-14(16-3)13-8-5-4-6-9-13/h4-6,8-9,14,16H,7,10-12H2,1-3H3. The van der Waals surface area contributed by atoms with Gasteiger partial charge in [0.15, 0.2) is 0 Å². The van der Waals surface area contributed by atoms with Crippen molar-refractivity contribution >= 4 is 0 Å². The lowest BCUT2D eigenvalue weighted by Gasteiger charge is -2.34. The number of likely N-dealkylation sites (N-methyl/N-ethyl adjacent to an activating group) is 1. The van der Waals surface area contributed by atoms with E-state index < -0.39 is 0 Å². The van der Waals surface area contributed by atoms with Gasteiger partial charge in [-0.25, -0.2) is 0 Å². The molecule has 17 heavy (non-hydrogen) atoms. The number of hydrogen-bond acceptors (Lipinski definition) is 2. The fourth-order valence-corrected chi connectivity index (χ4v) is 2.77. The largest absolute Gasteiger partial charge is 0.312 e. The van der Waals surface area contributed by atoms with Gasteiger partial charge >= 0.3 is 0 Å². The van der Waals surface area contributed by atoms with E-state index in [1.165, 1.54) is 24.9 Å². The number of benzene rings is 1. The third kappa shape index (κ3) is 2.88. The van der Waals surface area contributed by atoms with E-state index in [4.69, 9.17) is 0 Å². The average molecular weight is 232 g/mol. The van der Waals surface area contributed by atoms with E-state index in [1.54, 1.807) is 0 Å². The molecule has 1 aliphatic rings. The van der Waals surface area contributed by atoms with Gasteiger partial charge in [-0.2, -0.15) is 0 Å². The smallest absolute Gasteiger partial charge is 0.0447 e. The molecule has 0 radical (unpaired) electrons. The normalized spacial score (nSPS) is 21.6. The molecule has 0 saturated carbocycles. The number of nitrogens with zero attached hydrogens (tertiary/aromatic N) is 1. The topological polar surface area (TPSA) is 15.3 Å². The SMILES string of the molecule is CNC(CN1CCCC1(C)C)c1ccccc1. The molecule has 0 amide bonds. The van der Waals surface area contributed by atoms with Gasteiger partial charge < -0.3 is 5.32 Å². The van der Waals surface area contributed by atoms with Crippen molar-refractivity contribution in [3.63, 3.8) is 0 Å². The van der Waals surface area contributed by atoms with Crippen molar-refractivity contribution in [3.8, 4) is 0 Å². The highest BCUT2D eigenvalue weighted by molar-refractivity contribution is 5.19. The van der Waals surface area contributed by atoms with Gasteiger partial charge in [-0.15, -0.1) is 0 Å². The van der Waals surface area contributed by atoms with Crippen molar-refractivity contribution in [3.05, 3.63) is 35.9 Å². The van der Waals surface area contributed by atoms with Crippen LogP contribution < -0.4 is 5.32 Å². The molecule has 1 N–H and O–H groups in total. The molecule has 1 saturated heterocycles. The minimum Gasteiger partial charge on any atom is -0.312 e. The predicted molar refractivity (Wildman–Crippen MR) is 73.1 cm³/mol. The van der Waals surface area contributed by atoms with Crippen LogP contribution in [0.4, 0.5) is 0 Å². The number of rotatable bonds is 4. The first-order chi connectivity index (χ1) is 8.13. The minimum atomic E-state index is 0.365. The first-order valence-electron chi connectivity index (χ1n) is 6.61. The van der Waals surface area contributed by atoms with Crippen LogP contribution in [-0.2, 0) is 0 Å². The zero-order valence-corrected chi connectivity index (χ0v) is 11.2. The highest BCUT2D eigenvalue weighted by Gasteiger charge is 2.32. The molecule has 1 fully saturated rings. The second-order valence-corrected chi connectivity index (χ2v) is 5.61. The zero-order valence-electron chi connectivity index (χ0n) is 11.2. The average Bonchev–Trinajstić information content (AvgIpc) is 2.66. The Kier molecular flexibility index (Phi) is 3.85. The summed E-state index contributed by atoms with van der Waals surface area (Å²) >= 11 is 0. The lowest BCUT2D eigenvalue weighted by molar-refractivity contribution is 0.158. The maximum absolute atomic E-state index is 3.44. The summed E-state index contributed by atoms with van der Waals surface area (Å²) in [4.78, 5) is 2.61. The van der Waals surface area contributed by atoms with Crippen molar-refractivity contribution in [2.45, 2.75) is 38.3 Å². The van der Waals surface area contributed by atoms with E-state index in [-0.39, 0.29) is 0 Å². The maximum atomic E-state index is 3.44. The Labute approximate surface area is 105 Å². The molecule has 0 bridgehead atoms. The molecular formula is C15H24N2. The van der Waals surface area contributed by atoms with Gasteiger partial charge in [0.05, 0.1) is 0 Å². The van der Waals surface area contributed by atoms with E-state index >= 15 is 0 Å². The van der Waals surface area contributed by atoms with Crippen LogP contribution in [0.15, 0.2) is 30.3 Å². The molecule has 1 atom stereocenters. The molecule has 1 aromatic rings. The number of likely N-dealkylation sites (tertiary alicyclic amines) is 1. The fraction of sp³-hybridized carbons (Fsp3) is 0.600. The zero-order chi connectivity index (χ0) is 12.3. The van der Waals surface area contributed by atoms with Crippen molar-refractivity contribution in [2.24, 2.45) is 0 Å². The van der Waals surface area contributed by atoms with Crippen LogP contribution in [0.3, 0.4) is 0 Å². The molecule has 94 valence electrons. The molecule has 1 aliphatic heterocycles. The van der Waals surface area contributed by atoms with Gasteiger partial charge in [0.1, 0.15) is 0 Å². The van der Waals surface area contributed by atoms with Crippen molar-refractivity contribution < 1.29 is 0 Å². The molecule has 1 aromatic carbocycles. The Morgan fingerprint density at radius 3 is 2.53 bits per heavy atom. The molecule has 2 heteroatoms. The molecule has 1 unspecified atom stereocenters. The maximum Gasteiger partial charge on any atom is 0.0447 e. The molecule has 1 heterocycles. The summed E-state index contributed by atoms with van der Waals surface area (Å²) in [5.41, 5.74) is 1.75. The minimum absolute atomic E-state index is 0.365. The lowest BCUT2D eigenvalue weighted by Crippen LogP contribution is -2.42. The Morgan fingerprint density at radius 2 is 2.00 bits per heavy atom. The van der Waals surface area contributed by atoms with Gasteiger partial charge in [-0.05, 0) is 45.8 Å². The van der Waals surface area contributed by atoms with Gasteiger partial charge in [0, 0.05) is 18.1 Å². The molecular weight excluding hydrogens is 208 g/mol. The van der Waals surface area contributed by atoms with Crippen LogP contribution in [0.1, 0.15) is 38.3 Å². The summed E-state index contributed by atoms with van der Waals surface area (Å²) in [5.74, 6) is 0. The van der Waals surface area contributed by atoms with E-state index in [9.17, 15) is 0 Å². The van der Waals surface area contributed by atoms with Gasteiger partial charge in [-0.1, -0.05) is 30.3 Å². The van der Waals surface area contributed by atoms with Crippen LogP contribution in [-0.4, -0.2) is 30.6 Å². The third-order valence-corrected chi connectivity index (χ3v) is 4.03. The highest BCUT2D eigenvalue weighted by atomic mass is 15.2. The number of hydrogen-bond donors (Lipinski definition) is 1. The lowest BCUT2D eigenvalue weighted by atomic mass is 10.0. The Morgan fingerprint density at radius 1 is 1.29 bits per heavy atom. The second-order valence-electron chi connectivity index (χ2n) is 5.61. The molecule has 2 rings (SSSR count). The van der Waals surface area contributed by atoms with E-state index in [0.717, 1.165) is 6.54 Å². The molecule has 0 spiro atoms. The van der Waals surface area contributed by atoms with Crippen molar-refractivity contribution in [1.82, 2.24) is 10.2 Å². The van der Waals surface area contributed by atoms with Crippen molar-refractivity contribution in [2.75, 3.05) is 20.1 Å². The summed E-state index contributed by atoms with van der Waals surface area (Å²) in [6.45, 7) is 7.06. The molecule has 0 aliphatic carbocycles. The summed E-state index contributed by atoms with van der Waals surface area (Å²) in [6, 6.07) is 11.2. The van der Waals surface area contributed by atoms with E-state index in [0.29, 0.717) is 11.6 Å². The van der Waals surface area contributed by atoms with Gasteiger partial charge in [0.2, 0.25) is 0 Å². The molecule has 0 aromatic heterocycles. The molecule has 2 nitrogen and oxygen atoms in total.